The maximum Gasteiger partial charge on any atom is 0.240 e. The SMILES string of the molecule is CCCC(C)COCC(NC1CC1)(C(N)=O)C1CC1. The van der Waals surface area contributed by atoms with Crippen LogP contribution in [-0.4, -0.2) is 30.7 Å². The van der Waals surface area contributed by atoms with Crippen LogP contribution in [0.5, 0.6) is 0 Å². The first-order valence-corrected chi connectivity index (χ1v) is 7.74. The van der Waals surface area contributed by atoms with Crippen LogP contribution in [0.15, 0.2) is 0 Å². The molecule has 0 aromatic rings. The molecule has 2 rings (SSSR count). The summed E-state index contributed by atoms with van der Waals surface area (Å²) in [4.78, 5) is 11.9. The van der Waals surface area contributed by atoms with Gasteiger partial charge in [0.15, 0.2) is 0 Å². The Morgan fingerprint density at radius 1 is 1.42 bits per heavy atom. The third kappa shape index (κ3) is 3.93. The number of ether oxygens (including phenoxy) is 1. The number of rotatable bonds is 10. The van der Waals surface area contributed by atoms with Gasteiger partial charge in [0.05, 0.1) is 6.61 Å². The first-order valence-electron chi connectivity index (χ1n) is 7.74. The van der Waals surface area contributed by atoms with Crippen molar-refractivity contribution >= 4 is 5.91 Å². The number of carbonyl (C=O) groups is 1. The first-order chi connectivity index (χ1) is 9.08. The minimum atomic E-state index is -0.604. The summed E-state index contributed by atoms with van der Waals surface area (Å²) in [6.45, 7) is 5.55. The minimum absolute atomic E-state index is 0.231. The highest BCUT2D eigenvalue weighted by Crippen LogP contribution is 2.41. The number of hydrogen-bond acceptors (Lipinski definition) is 3. The molecule has 0 aromatic heterocycles. The van der Waals surface area contributed by atoms with Crippen LogP contribution < -0.4 is 11.1 Å². The first kappa shape index (κ1) is 14.8. The number of primary amides is 1. The Hall–Kier alpha value is -0.610. The van der Waals surface area contributed by atoms with Crippen LogP contribution in [0.2, 0.25) is 0 Å². The maximum atomic E-state index is 11.9. The summed E-state index contributed by atoms with van der Waals surface area (Å²) in [6.07, 6.45) is 6.85. The Kier molecular flexibility index (Phi) is 4.85. The summed E-state index contributed by atoms with van der Waals surface area (Å²) >= 11 is 0. The molecule has 3 N–H and O–H groups in total. The fourth-order valence-corrected chi connectivity index (χ4v) is 2.79. The van der Waals surface area contributed by atoms with Gasteiger partial charge in [0.2, 0.25) is 5.91 Å². The fraction of sp³-hybridized carbons (Fsp3) is 0.933. The van der Waals surface area contributed by atoms with Gasteiger partial charge >= 0.3 is 0 Å². The summed E-state index contributed by atoms with van der Waals surface area (Å²) in [7, 11) is 0. The van der Waals surface area contributed by atoms with Crippen molar-refractivity contribution in [2.24, 2.45) is 17.6 Å². The third-order valence-electron chi connectivity index (χ3n) is 4.27. The van der Waals surface area contributed by atoms with Crippen LogP contribution in [-0.2, 0) is 9.53 Å². The highest BCUT2D eigenvalue weighted by atomic mass is 16.5. The second-order valence-corrected chi connectivity index (χ2v) is 6.44. The van der Waals surface area contributed by atoms with E-state index >= 15 is 0 Å². The monoisotopic (exact) mass is 268 g/mol. The van der Waals surface area contributed by atoms with Gasteiger partial charge in [0, 0.05) is 12.6 Å². The van der Waals surface area contributed by atoms with E-state index in [1.807, 2.05) is 0 Å². The number of hydrogen-bond donors (Lipinski definition) is 2. The van der Waals surface area contributed by atoms with Crippen molar-refractivity contribution in [3.8, 4) is 0 Å². The molecule has 2 fully saturated rings. The highest BCUT2D eigenvalue weighted by molar-refractivity contribution is 5.86. The molecule has 0 saturated heterocycles. The molecule has 0 radical (unpaired) electrons. The molecule has 19 heavy (non-hydrogen) atoms. The molecular formula is C15H28N2O2. The molecular weight excluding hydrogens is 240 g/mol. The molecule has 0 bridgehead atoms. The molecule has 0 aromatic carbocycles. The van der Waals surface area contributed by atoms with Gasteiger partial charge in [-0.15, -0.1) is 0 Å². The lowest BCUT2D eigenvalue weighted by Crippen LogP contribution is -2.61. The smallest absolute Gasteiger partial charge is 0.240 e. The molecule has 0 heterocycles. The molecule has 2 saturated carbocycles. The van der Waals surface area contributed by atoms with Crippen LogP contribution in [0.3, 0.4) is 0 Å². The summed E-state index contributed by atoms with van der Waals surface area (Å²) in [5.74, 6) is 0.702. The zero-order valence-electron chi connectivity index (χ0n) is 12.3. The van der Waals surface area contributed by atoms with Crippen molar-refractivity contribution < 1.29 is 9.53 Å². The van der Waals surface area contributed by atoms with E-state index in [-0.39, 0.29) is 5.91 Å². The van der Waals surface area contributed by atoms with Gasteiger partial charge in [0.1, 0.15) is 5.54 Å². The van der Waals surface area contributed by atoms with E-state index in [2.05, 4.69) is 19.2 Å². The second kappa shape index (κ2) is 6.23. The standard InChI is InChI=1S/C15H28N2O2/c1-3-4-11(2)9-19-10-15(14(16)18,12-5-6-12)17-13-7-8-13/h11-13,17H,3-10H2,1-2H3,(H2,16,18). The molecule has 2 unspecified atom stereocenters. The highest BCUT2D eigenvalue weighted by Gasteiger charge is 2.52. The Bertz CT molecular complexity index is 313. The number of nitrogens with two attached hydrogens (primary N) is 1. The van der Waals surface area contributed by atoms with Crippen LogP contribution in [0.25, 0.3) is 0 Å². The molecule has 110 valence electrons. The molecule has 4 nitrogen and oxygen atoms in total. The van der Waals surface area contributed by atoms with E-state index in [9.17, 15) is 4.79 Å². The van der Waals surface area contributed by atoms with Crippen LogP contribution in [0, 0.1) is 11.8 Å². The Morgan fingerprint density at radius 2 is 2.11 bits per heavy atom. The topological polar surface area (TPSA) is 64.3 Å². The normalized spacial score (nSPS) is 23.9. The van der Waals surface area contributed by atoms with Gasteiger partial charge in [-0.2, -0.15) is 0 Å². The summed E-state index contributed by atoms with van der Waals surface area (Å²) in [6, 6.07) is 0.477. The van der Waals surface area contributed by atoms with Crippen LogP contribution >= 0.6 is 0 Å². The lowest BCUT2D eigenvalue weighted by Gasteiger charge is -2.32. The zero-order chi connectivity index (χ0) is 13.9. The Balaban J connectivity index is 1.87. The van der Waals surface area contributed by atoms with Crippen LogP contribution in [0.1, 0.15) is 52.4 Å². The second-order valence-electron chi connectivity index (χ2n) is 6.44. The van der Waals surface area contributed by atoms with Crippen molar-refractivity contribution in [2.75, 3.05) is 13.2 Å². The number of amides is 1. The number of carbonyl (C=O) groups excluding carboxylic acids is 1. The van der Waals surface area contributed by atoms with Gasteiger partial charge in [0.25, 0.3) is 0 Å². The van der Waals surface area contributed by atoms with E-state index in [1.165, 1.54) is 12.8 Å². The average molecular weight is 268 g/mol. The lowest BCUT2D eigenvalue weighted by molar-refractivity contribution is -0.128. The molecule has 2 aliphatic carbocycles. The van der Waals surface area contributed by atoms with E-state index in [4.69, 9.17) is 10.5 Å². The van der Waals surface area contributed by atoms with Crippen molar-refractivity contribution in [3.63, 3.8) is 0 Å². The van der Waals surface area contributed by atoms with Crippen molar-refractivity contribution in [2.45, 2.75) is 64.0 Å². The van der Waals surface area contributed by atoms with Gasteiger partial charge in [-0.1, -0.05) is 20.3 Å². The predicted octanol–water partition coefficient (Wildman–Crippen LogP) is 1.83. The zero-order valence-corrected chi connectivity index (χ0v) is 12.3. The van der Waals surface area contributed by atoms with Gasteiger partial charge in [-0.05, 0) is 43.9 Å². The maximum absolute atomic E-state index is 11.9. The molecule has 4 heteroatoms. The lowest BCUT2D eigenvalue weighted by atomic mass is 9.93. The fourth-order valence-electron chi connectivity index (χ4n) is 2.79. The van der Waals surface area contributed by atoms with Gasteiger partial charge in [-0.25, -0.2) is 0 Å². The van der Waals surface area contributed by atoms with Gasteiger partial charge < -0.3 is 10.5 Å². The summed E-state index contributed by atoms with van der Waals surface area (Å²) in [5.41, 5.74) is 5.08. The largest absolute Gasteiger partial charge is 0.379 e. The molecule has 2 atom stereocenters. The summed E-state index contributed by atoms with van der Waals surface area (Å²) in [5, 5.41) is 3.47. The van der Waals surface area contributed by atoms with E-state index in [1.54, 1.807) is 0 Å². The van der Waals surface area contributed by atoms with Crippen molar-refractivity contribution in [1.29, 1.82) is 0 Å². The molecule has 0 aliphatic heterocycles. The quantitative estimate of drug-likeness (QED) is 0.635. The van der Waals surface area contributed by atoms with Crippen LogP contribution in [0.4, 0.5) is 0 Å². The summed E-state index contributed by atoms with van der Waals surface area (Å²) < 4.78 is 5.84. The minimum Gasteiger partial charge on any atom is -0.379 e. The predicted molar refractivity (Wildman–Crippen MR) is 75.7 cm³/mol. The Labute approximate surface area is 116 Å². The van der Waals surface area contributed by atoms with E-state index < -0.39 is 5.54 Å². The van der Waals surface area contributed by atoms with Crippen molar-refractivity contribution in [3.05, 3.63) is 0 Å². The third-order valence-corrected chi connectivity index (χ3v) is 4.27. The van der Waals surface area contributed by atoms with E-state index in [0.29, 0.717) is 24.5 Å². The molecule has 1 amide bonds. The molecule has 0 spiro atoms. The number of nitrogens with one attached hydrogen (secondary N) is 1. The van der Waals surface area contributed by atoms with Gasteiger partial charge in [-0.3, -0.25) is 10.1 Å². The molecule has 2 aliphatic rings. The van der Waals surface area contributed by atoms with E-state index in [0.717, 1.165) is 32.3 Å². The van der Waals surface area contributed by atoms with Crippen molar-refractivity contribution in [1.82, 2.24) is 5.32 Å². The Morgan fingerprint density at radius 3 is 2.58 bits per heavy atom. The average Bonchev–Trinajstić information content (AvgIpc) is 3.21.